The largest absolute Gasteiger partial charge is 0.464 e. The molecule has 0 N–H and O–H groups in total. The van der Waals surface area contributed by atoms with Gasteiger partial charge in [-0.1, -0.05) is 123 Å². The predicted molar refractivity (Wildman–Crippen MR) is 271 cm³/mol. The van der Waals surface area contributed by atoms with Crippen molar-refractivity contribution in [3.63, 3.8) is 0 Å². The molecule has 0 fully saturated rings. The lowest BCUT2D eigenvalue weighted by molar-refractivity contribution is 0.589. The molecule has 0 saturated heterocycles. The minimum atomic E-state index is 0.00815. The third kappa shape index (κ3) is 6.21. The number of hydrogen-bond donors (Lipinski definition) is 0. The van der Waals surface area contributed by atoms with E-state index < -0.39 is 0 Å². The first kappa shape index (κ1) is 40.6. The summed E-state index contributed by atoms with van der Waals surface area (Å²) in [4.78, 5) is 5.30. The molecule has 8 aromatic rings. The molecule has 0 radical (unpaired) electrons. The van der Waals surface area contributed by atoms with Gasteiger partial charge in [0.1, 0.15) is 5.58 Å². The van der Waals surface area contributed by atoms with Crippen molar-refractivity contribution < 1.29 is 4.42 Å². The predicted octanol–water partition coefficient (Wildman–Crippen LogP) is 14.8. The summed E-state index contributed by atoms with van der Waals surface area (Å²) in [5, 5.41) is 2.47. The Morgan fingerprint density at radius 1 is 0.516 bits per heavy atom. The average molecular weight is 831 g/mol. The van der Waals surface area contributed by atoms with Crippen molar-refractivity contribution in [3.8, 4) is 11.1 Å². The van der Waals surface area contributed by atoms with E-state index >= 15 is 0 Å². The van der Waals surface area contributed by atoms with Gasteiger partial charge in [0.25, 0.3) is 6.71 Å². The number of benzene rings is 6. The number of nitrogens with zero attached hydrogens (tertiary/aromatic N) is 2. The van der Waals surface area contributed by atoms with E-state index in [1.807, 2.05) is 17.6 Å². The number of furan rings is 1. The van der Waals surface area contributed by atoms with Crippen LogP contribution in [0.3, 0.4) is 0 Å². The fraction of sp³-hybridized carbons (Fsp3) is 0.298. The van der Waals surface area contributed by atoms with Gasteiger partial charge < -0.3 is 14.2 Å². The molecule has 2 aliphatic rings. The van der Waals surface area contributed by atoms with E-state index in [1.165, 1.54) is 104 Å². The van der Waals surface area contributed by atoms with Gasteiger partial charge in [-0.25, -0.2) is 0 Å². The Kier molecular flexibility index (Phi) is 8.99. The normalized spacial score (nSPS) is 13.9. The number of fused-ring (bicyclic) bond motifs is 7. The fourth-order valence-electron chi connectivity index (χ4n) is 10.4. The molecule has 2 aromatic heterocycles. The molecule has 0 aliphatic carbocycles. The number of aryl methyl sites for hydroxylation is 5. The van der Waals surface area contributed by atoms with E-state index in [9.17, 15) is 0 Å². The van der Waals surface area contributed by atoms with E-state index in [4.69, 9.17) is 4.42 Å². The van der Waals surface area contributed by atoms with E-state index in [0.717, 1.165) is 22.1 Å². The topological polar surface area (TPSA) is 19.6 Å². The highest BCUT2D eigenvalue weighted by molar-refractivity contribution is 7.33. The molecule has 0 saturated carbocycles. The Morgan fingerprint density at radius 2 is 1.08 bits per heavy atom. The van der Waals surface area contributed by atoms with Crippen molar-refractivity contribution >= 4 is 88.9 Å². The number of hydrogen-bond acceptors (Lipinski definition) is 4. The molecule has 4 heterocycles. The summed E-state index contributed by atoms with van der Waals surface area (Å²) in [6.07, 6.45) is 1.94. The Balaban J connectivity index is 1.33. The maximum Gasteiger partial charge on any atom is 0.264 e. The Labute approximate surface area is 373 Å². The lowest BCUT2D eigenvalue weighted by Gasteiger charge is -2.45. The molecule has 0 bridgehead atoms. The zero-order valence-electron chi connectivity index (χ0n) is 39.1. The van der Waals surface area contributed by atoms with Gasteiger partial charge in [-0.3, -0.25) is 0 Å². The van der Waals surface area contributed by atoms with Crippen LogP contribution in [-0.2, 0) is 16.2 Å². The van der Waals surface area contributed by atoms with Crippen molar-refractivity contribution in [1.29, 1.82) is 0 Å². The monoisotopic (exact) mass is 830 g/mol. The van der Waals surface area contributed by atoms with E-state index in [-0.39, 0.29) is 23.0 Å². The highest BCUT2D eigenvalue weighted by Crippen LogP contribution is 2.52. The van der Waals surface area contributed by atoms with Crippen molar-refractivity contribution in [2.45, 2.75) is 113 Å². The molecular weight excluding hydrogens is 772 g/mol. The van der Waals surface area contributed by atoms with Gasteiger partial charge in [-0.15, -0.1) is 11.3 Å². The zero-order chi connectivity index (χ0) is 43.9. The van der Waals surface area contributed by atoms with Crippen LogP contribution >= 0.6 is 11.3 Å². The molecular formula is C57H59BN2OS. The second kappa shape index (κ2) is 13.7. The maximum absolute atomic E-state index is 6.18. The van der Waals surface area contributed by atoms with Gasteiger partial charge in [0.2, 0.25) is 0 Å². The first-order chi connectivity index (χ1) is 29.2. The zero-order valence-corrected chi connectivity index (χ0v) is 39.9. The SMILES string of the molecule is Cc1cc2c3c(c1)N(c1c(C)cc(C(C)(C)C)cc1C)c1c(sc4ccc(C(C)(C)C)cc14)B3c1ccc(-c3coc4ccccc34)cc1N2c1c(C)cc(C(C)(C)C)cc1C. The molecule has 10 rings (SSSR count). The van der Waals surface area contributed by atoms with Gasteiger partial charge in [0.15, 0.2) is 0 Å². The van der Waals surface area contributed by atoms with Crippen molar-refractivity contribution in [2.24, 2.45) is 0 Å². The third-order valence-corrected chi connectivity index (χ3v) is 14.9. The quantitative estimate of drug-likeness (QED) is 0.165. The van der Waals surface area contributed by atoms with Crippen molar-refractivity contribution in [1.82, 2.24) is 0 Å². The molecule has 0 spiro atoms. The molecule has 0 amide bonds. The summed E-state index contributed by atoms with van der Waals surface area (Å²) < 4.78 is 8.91. The smallest absolute Gasteiger partial charge is 0.264 e. The summed E-state index contributed by atoms with van der Waals surface area (Å²) in [5.41, 5.74) is 24.1. The molecule has 312 valence electrons. The number of rotatable bonds is 3. The summed E-state index contributed by atoms with van der Waals surface area (Å²) in [7, 11) is 0. The maximum atomic E-state index is 6.18. The molecule has 3 nitrogen and oxygen atoms in total. The van der Waals surface area contributed by atoms with Crippen LogP contribution in [0.15, 0.2) is 108 Å². The van der Waals surface area contributed by atoms with Gasteiger partial charge in [-0.05, 0) is 148 Å². The van der Waals surface area contributed by atoms with Crippen LogP contribution in [0.4, 0.5) is 34.1 Å². The van der Waals surface area contributed by atoms with Crippen molar-refractivity contribution in [3.05, 3.63) is 148 Å². The van der Waals surface area contributed by atoms with Gasteiger partial charge in [-0.2, -0.15) is 0 Å². The van der Waals surface area contributed by atoms with Crippen LogP contribution in [0, 0.1) is 34.6 Å². The van der Waals surface area contributed by atoms with Crippen LogP contribution in [0.2, 0.25) is 0 Å². The van der Waals surface area contributed by atoms with E-state index in [0.29, 0.717) is 0 Å². The Hall–Kier alpha value is -5.52. The highest BCUT2D eigenvalue weighted by Gasteiger charge is 2.46. The molecule has 5 heteroatoms. The first-order valence-corrected chi connectivity index (χ1v) is 23.2. The Morgan fingerprint density at radius 3 is 1.68 bits per heavy atom. The molecule has 62 heavy (non-hydrogen) atoms. The second-order valence-corrected chi connectivity index (χ2v) is 22.5. The number of anilines is 6. The van der Waals surface area contributed by atoms with Crippen LogP contribution in [0.5, 0.6) is 0 Å². The van der Waals surface area contributed by atoms with Crippen LogP contribution in [0.1, 0.15) is 107 Å². The standard InChI is InChI=1S/C57H59BN2OS/c1-32-23-46-50-47(24-32)60(52-35(4)27-40(28-36(52)5)57(12,13)14)53-42-30-38(55(6,7)8)20-22-49(42)62-54(53)58(50)44-21-19-37(43-31-61-48-18-16-15-17-41(43)48)29-45(44)59(46)51-33(2)25-39(26-34(51)3)56(9,10)11/h15-31H,1-14H3. The lowest BCUT2D eigenvalue weighted by Crippen LogP contribution is -2.60. The summed E-state index contributed by atoms with van der Waals surface area (Å²) in [6.45, 7) is 32.5. The lowest BCUT2D eigenvalue weighted by atomic mass is 9.36. The van der Waals surface area contributed by atoms with Gasteiger partial charge in [0.05, 0.1) is 23.3 Å². The van der Waals surface area contributed by atoms with Crippen LogP contribution in [-0.4, -0.2) is 6.71 Å². The molecule has 0 atom stereocenters. The Bertz CT molecular complexity index is 3110. The minimum absolute atomic E-state index is 0.00815. The number of thiophene rings is 1. The van der Waals surface area contributed by atoms with Gasteiger partial charge in [0, 0.05) is 42.9 Å². The average Bonchev–Trinajstić information content (AvgIpc) is 3.79. The highest BCUT2D eigenvalue weighted by atomic mass is 32.1. The van der Waals surface area contributed by atoms with Crippen molar-refractivity contribution in [2.75, 3.05) is 9.80 Å². The minimum Gasteiger partial charge on any atom is -0.464 e. The molecule has 6 aromatic carbocycles. The van der Waals surface area contributed by atoms with Gasteiger partial charge >= 0.3 is 0 Å². The molecule has 0 unspecified atom stereocenters. The molecule has 2 aliphatic heterocycles. The van der Waals surface area contributed by atoms with E-state index in [1.54, 1.807) is 0 Å². The van der Waals surface area contributed by atoms with E-state index in [2.05, 4.69) is 204 Å². The summed E-state index contributed by atoms with van der Waals surface area (Å²) in [5.74, 6) is 0. The third-order valence-electron chi connectivity index (χ3n) is 13.6. The van der Waals surface area contributed by atoms with Crippen LogP contribution in [0.25, 0.3) is 32.2 Å². The summed E-state index contributed by atoms with van der Waals surface area (Å²) >= 11 is 1.98. The van der Waals surface area contributed by atoms with Crippen LogP contribution < -0.4 is 25.5 Å². The summed E-state index contributed by atoms with van der Waals surface area (Å²) in [6, 6.07) is 37.5. The first-order valence-electron chi connectivity index (χ1n) is 22.4. The fourth-order valence-corrected chi connectivity index (χ4v) is 11.7. The number of para-hydroxylation sites is 1. The second-order valence-electron chi connectivity index (χ2n) is 21.4.